The van der Waals surface area contributed by atoms with E-state index in [4.69, 9.17) is 11.6 Å². The Hall–Kier alpha value is -1.81. The highest BCUT2D eigenvalue weighted by molar-refractivity contribution is 6.30. The molecule has 5 heteroatoms. The molecule has 0 saturated carbocycles. The number of nitrogens with one attached hydrogen (secondary N) is 1. The third kappa shape index (κ3) is 3.07. The molecule has 1 heterocycles. The molecule has 1 aromatic heterocycles. The predicted octanol–water partition coefficient (Wildman–Crippen LogP) is 2.00. The topological polar surface area (TPSA) is 46.9 Å². The Bertz CT molecular complexity index is 519. The molecule has 0 radical (unpaired) electrons. The zero-order chi connectivity index (χ0) is 12.3. The van der Waals surface area contributed by atoms with E-state index in [1.165, 1.54) is 0 Å². The van der Waals surface area contributed by atoms with E-state index in [-0.39, 0.29) is 5.91 Å². The molecule has 1 aromatic carbocycles. The van der Waals surface area contributed by atoms with Gasteiger partial charge in [0.25, 0.3) is 5.91 Å². The number of carbonyl (C=O) groups excluding carboxylic acids is 1. The highest BCUT2D eigenvalue weighted by atomic mass is 35.5. The first-order chi connectivity index (χ1) is 8.15. The second-order valence-electron chi connectivity index (χ2n) is 3.68. The van der Waals surface area contributed by atoms with Crippen LogP contribution < -0.4 is 5.32 Å². The highest BCUT2D eigenvalue weighted by Gasteiger charge is 2.07. The smallest absolute Gasteiger partial charge is 0.272 e. The van der Waals surface area contributed by atoms with Crippen LogP contribution in [0.15, 0.2) is 36.5 Å². The summed E-state index contributed by atoms with van der Waals surface area (Å²) in [5.41, 5.74) is 1.42. The van der Waals surface area contributed by atoms with Crippen LogP contribution in [-0.4, -0.2) is 15.7 Å². The minimum Gasteiger partial charge on any atom is -0.347 e. The number of halogens is 1. The summed E-state index contributed by atoms with van der Waals surface area (Å²) in [7, 11) is 1.77. The molecule has 17 heavy (non-hydrogen) atoms. The predicted molar refractivity (Wildman–Crippen MR) is 65.8 cm³/mol. The van der Waals surface area contributed by atoms with Gasteiger partial charge in [0.2, 0.25) is 0 Å². The van der Waals surface area contributed by atoms with Gasteiger partial charge in [-0.05, 0) is 23.8 Å². The lowest BCUT2D eigenvalue weighted by Crippen LogP contribution is -2.23. The molecule has 88 valence electrons. The SMILES string of the molecule is Cn1ccc(C(=O)NCc2ccc(Cl)cc2)n1. The zero-order valence-corrected chi connectivity index (χ0v) is 10.1. The van der Waals surface area contributed by atoms with Crippen LogP contribution in [0.2, 0.25) is 5.02 Å². The van der Waals surface area contributed by atoms with Gasteiger partial charge in [-0.3, -0.25) is 9.48 Å². The number of amides is 1. The standard InChI is InChI=1S/C12H12ClN3O/c1-16-7-6-11(15-16)12(17)14-8-9-2-4-10(13)5-3-9/h2-7H,8H2,1H3,(H,14,17). The van der Waals surface area contributed by atoms with E-state index in [1.807, 2.05) is 12.1 Å². The molecule has 0 unspecified atom stereocenters. The fourth-order valence-corrected chi connectivity index (χ4v) is 1.54. The largest absolute Gasteiger partial charge is 0.347 e. The molecule has 0 fully saturated rings. The molecule has 1 N–H and O–H groups in total. The third-order valence-corrected chi connectivity index (χ3v) is 2.56. The summed E-state index contributed by atoms with van der Waals surface area (Å²) in [5.74, 6) is -0.180. The maximum Gasteiger partial charge on any atom is 0.272 e. The van der Waals surface area contributed by atoms with Gasteiger partial charge in [0, 0.05) is 24.8 Å². The Morgan fingerprint density at radius 3 is 2.65 bits per heavy atom. The number of nitrogens with zero attached hydrogens (tertiary/aromatic N) is 2. The van der Waals surface area contributed by atoms with Crippen LogP contribution in [0.4, 0.5) is 0 Å². The Kier molecular flexibility index (Phi) is 3.44. The summed E-state index contributed by atoms with van der Waals surface area (Å²) in [6, 6.07) is 9.02. The summed E-state index contributed by atoms with van der Waals surface area (Å²) in [5, 5.41) is 7.50. The first-order valence-corrected chi connectivity index (χ1v) is 5.55. The van der Waals surface area contributed by atoms with Gasteiger partial charge in [-0.25, -0.2) is 0 Å². The molecule has 0 aliphatic heterocycles. The van der Waals surface area contributed by atoms with Crippen LogP contribution in [0.3, 0.4) is 0 Å². The molecule has 4 nitrogen and oxygen atoms in total. The number of benzene rings is 1. The molecule has 1 amide bonds. The molecule has 0 saturated heterocycles. The maximum absolute atomic E-state index is 11.7. The van der Waals surface area contributed by atoms with Crippen molar-refractivity contribution in [1.82, 2.24) is 15.1 Å². The van der Waals surface area contributed by atoms with E-state index in [9.17, 15) is 4.79 Å². The van der Waals surface area contributed by atoms with Gasteiger partial charge in [-0.1, -0.05) is 23.7 Å². The van der Waals surface area contributed by atoms with Crippen LogP contribution in [0, 0.1) is 0 Å². The lowest BCUT2D eigenvalue weighted by molar-refractivity contribution is 0.0945. The van der Waals surface area contributed by atoms with Crippen molar-refractivity contribution in [2.45, 2.75) is 6.54 Å². The minimum atomic E-state index is -0.180. The van der Waals surface area contributed by atoms with Crippen molar-refractivity contribution in [1.29, 1.82) is 0 Å². The third-order valence-electron chi connectivity index (χ3n) is 2.31. The van der Waals surface area contributed by atoms with E-state index in [0.717, 1.165) is 5.56 Å². The van der Waals surface area contributed by atoms with Crippen molar-refractivity contribution in [2.24, 2.45) is 7.05 Å². The number of hydrogen-bond acceptors (Lipinski definition) is 2. The van der Waals surface area contributed by atoms with Crippen LogP contribution in [0.5, 0.6) is 0 Å². The fourth-order valence-electron chi connectivity index (χ4n) is 1.41. The van der Waals surface area contributed by atoms with Gasteiger partial charge >= 0.3 is 0 Å². The summed E-state index contributed by atoms with van der Waals surface area (Å²) in [6.45, 7) is 0.465. The molecule has 0 aliphatic rings. The normalized spacial score (nSPS) is 10.2. The zero-order valence-electron chi connectivity index (χ0n) is 9.35. The first-order valence-electron chi connectivity index (χ1n) is 5.17. The van der Waals surface area contributed by atoms with E-state index in [1.54, 1.807) is 36.1 Å². The summed E-state index contributed by atoms with van der Waals surface area (Å²) in [6.07, 6.45) is 1.73. The Morgan fingerprint density at radius 2 is 2.06 bits per heavy atom. The van der Waals surface area contributed by atoms with Crippen molar-refractivity contribution in [3.8, 4) is 0 Å². The van der Waals surface area contributed by atoms with Crippen molar-refractivity contribution in [2.75, 3.05) is 0 Å². The minimum absolute atomic E-state index is 0.180. The number of aromatic nitrogens is 2. The Balaban J connectivity index is 1.94. The second-order valence-corrected chi connectivity index (χ2v) is 4.12. The molecule has 2 rings (SSSR count). The molecule has 0 aliphatic carbocycles. The molecule has 2 aromatic rings. The lowest BCUT2D eigenvalue weighted by atomic mass is 10.2. The van der Waals surface area contributed by atoms with Crippen molar-refractivity contribution in [3.63, 3.8) is 0 Å². The van der Waals surface area contributed by atoms with E-state index in [2.05, 4.69) is 10.4 Å². The number of rotatable bonds is 3. The fraction of sp³-hybridized carbons (Fsp3) is 0.167. The van der Waals surface area contributed by atoms with Crippen molar-refractivity contribution >= 4 is 17.5 Å². The monoisotopic (exact) mass is 249 g/mol. The van der Waals surface area contributed by atoms with Gasteiger partial charge in [0.05, 0.1) is 0 Å². The van der Waals surface area contributed by atoms with Gasteiger partial charge in [-0.2, -0.15) is 5.10 Å². The van der Waals surface area contributed by atoms with Crippen LogP contribution in [0.1, 0.15) is 16.1 Å². The summed E-state index contributed by atoms with van der Waals surface area (Å²) < 4.78 is 1.59. The average Bonchev–Trinajstić information content (AvgIpc) is 2.75. The lowest BCUT2D eigenvalue weighted by Gasteiger charge is -2.03. The average molecular weight is 250 g/mol. The van der Waals surface area contributed by atoms with Gasteiger partial charge in [-0.15, -0.1) is 0 Å². The van der Waals surface area contributed by atoms with Gasteiger partial charge in [0.15, 0.2) is 0 Å². The summed E-state index contributed by atoms with van der Waals surface area (Å²) in [4.78, 5) is 11.7. The van der Waals surface area contributed by atoms with Crippen molar-refractivity contribution < 1.29 is 4.79 Å². The molecule has 0 atom stereocenters. The van der Waals surface area contributed by atoms with Crippen molar-refractivity contribution in [3.05, 3.63) is 52.8 Å². The number of hydrogen-bond donors (Lipinski definition) is 1. The molecular weight excluding hydrogens is 238 g/mol. The molecule has 0 spiro atoms. The second kappa shape index (κ2) is 5.01. The first kappa shape index (κ1) is 11.7. The number of aryl methyl sites for hydroxylation is 1. The summed E-state index contributed by atoms with van der Waals surface area (Å²) >= 11 is 5.77. The number of carbonyl (C=O) groups is 1. The maximum atomic E-state index is 11.7. The van der Waals surface area contributed by atoms with Crippen LogP contribution in [-0.2, 0) is 13.6 Å². The highest BCUT2D eigenvalue weighted by Crippen LogP contribution is 2.09. The van der Waals surface area contributed by atoms with Crippen LogP contribution >= 0.6 is 11.6 Å². The van der Waals surface area contributed by atoms with E-state index in [0.29, 0.717) is 17.3 Å². The van der Waals surface area contributed by atoms with Gasteiger partial charge < -0.3 is 5.32 Å². The quantitative estimate of drug-likeness (QED) is 0.905. The molecular formula is C12H12ClN3O. The van der Waals surface area contributed by atoms with Gasteiger partial charge in [0.1, 0.15) is 5.69 Å². The van der Waals surface area contributed by atoms with Crippen LogP contribution in [0.25, 0.3) is 0 Å². The molecule has 0 bridgehead atoms. The Morgan fingerprint density at radius 1 is 1.35 bits per heavy atom. The Labute approximate surface area is 104 Å². The van der Waals surface area contributed by atoms with E-state index < -0.39 is 0 Å². The van der Waals surface area contributed by atoms with E-state index >= 15 is 0 Å².